The molecule has 0 spiro atoms. The number of aromatic amines is 1. The summed E-state index contributed by atoms with van der Waals surface area (Å²) in [5.74, 6) is -0.903. The van der Waals surface area contributed by atoms with Crippen molar-refractivity contribution in [1.82, 2.24) is 19.5 Å². The molecule has 2 rings (SSSR count). The molecule has 0 aromatic carbocycles. The Balaban J connectivity index is 2.22. The van der Waals surface area contributed by atoms with Crippen molar-refractivity contribution in [3.05, 3.63) is 29.5 Å². The second kappa shape index (κ2) is 5.06. The van der Waals surface area contributed by atoms with Gasteiger partial charge in [0.05, 0.1) is 6.54 Å². The van der Waals surface area contributed by atoms with E-state index >= 15 is 0 Å². The van der Waals surface area contributed by atoms with Crippen molar-refractivity contribution in [2.75, 3.05) is 7.05 Å². The number of carbonyl (C=O) groups is 1. The van der Waals surface area contributed by atoms with Gasteiger partial charge in [-0.05, 0) is 19.1 Å². The Kier molecular flexibility index (Phi) is 3.59. The molecule has 0 aliphatic carbocycles. The second-order valence-electron chi connectivity index (χ2n) is 4.02. The SMILES string of the molecule is Cc1nc(CN(C)S(=O)(=O)c2ccc(C(=O)O)o2)n[nH]1. The number of H-pyrrole nitrogens is 1. The first-order valence-electron chi connectivity index (χ1n) is 5.48. The van der Waals surface area contributed by atoms with Crippen LogP contribution in [0.2, 0.25) is 0 Å². The lowest BCUT2D eigenvalue weighted by Crippen LogP contribution is -2.26. The van der Waals surface area contributed by atoms with Gasteiger partial charge in [-0.1, -0.05) is 0 Å². The molecule has 0 fully saturated rings. The summed E-state index contributed by atoms with van der Waals surface area (Å²) in [7, 11) is -2.61. The first kappa shape index (κ1) is 14.2. The van der Waals surface area contributed by atoms with E-state index < -0.39 is 26.8 Å². The third-order valence-electron chi connectivity index (χ3n) is 2.46. The van der Waals surface area contributed by atoms with Crippen molar-refractivity contribution in [2.24, 2.45) is 0 Å². The number of hydrogen-bond donors (Lipinski definition) is 2. The number of rotatable bonds is 5. The average Bonchev–Trinajstić information content (AvgIpc) is 2.98. The lowest BCUT2D eigenvalue weighted by atomic mass is 10.5. The largest absolute Gasteiger partial charge is 0.475 e. The van der Waals surface area contributed by atoms with Gasteiger partial charge in [-0.2, -0.15) is 9.40 Å². The van der Waals surface area contributed by atoms with Crippen molar-refractivity contribution in [3.8, 4) is 0 Å². The van der Waals surface area contributed by atoms with Gasteiger partial charge in [0.2, 0.25) is 10.9 Å². The predicted octanol–water partition coefficient (Wildman–Crippen LogP) is 0.225. The third-order valence-corrected chi connectivity index (χ3v) is 4.14. The molecule has 2 heterocycles. The first-order valence-corrected chi connectivity index (χ1v) is 6.92. The zero-order valence-electron chi connectivity index (χ0n) is 10.7. The van der Waals surface area contributed by atoms with Gasteiger partial charge < -0.3 is 9.52 Å². The minimum atomic E-state index is -3.93. The quantitative estimate of drug-likeness (QED) is 0.808. The molecule has 9 nitrogen and oxygen atoms in total. The molecule has 0 unspecified atom stereocenters. The number of carboxylic acids is 1. The number of sulfonamides is 1. The van der Waals surface area contributed by atoms with E-state index in [-0.39, 0.29) is 6.54 Å². The van der Waals surface area contributed by atoms with Crippen molar-refractivity contribution in [2.45, 2.75) is 18.6 Å². The van der Waals surface area contributed by atoms with Crippen LogP contribution in [0.4, 0.5) is 0 Å². The van der Waals surface area contributed by atoms with E-state index in [9.17, 15) is 13.2 Å². The van der Waals surface area contributed by atoms with Gasteiger partial charge in [-0.15, -0.1) is 0 Å². The van der Waals surface area contributed by atoms with Crippen LogP contribution in [-0.4, -0.2) is 46.0 Å². The molecule has 0 bridgehead atoms. The molecule has 2 N–H and O–H groups in total. The van der Waals surface area contributed by atoms with E-state index in [0.29, 0.717) is 11.6 Å². The monoisotopic (exact) mass is 300 g/mol. The predicted molar refractivity (Wildman–Crippen MR) is 65.4 cm³/mol. The van der Waals surface area contributed by atoms with Gasteiger partial charge in [-0.3, -0.25) is 5.10 Å². The van der Waals surface area contributed by atoms with Gasteiger partial charge >= 0.3 is 5.97 Å². The highest BCUT2D eigenvalue weighted by Gasteiger charge is 2.26. The summed E-state index contributed by atoms with van der Waals surface area (Å²) in [6.07, 6.45) is 0. The highest BCUT2D eigenvalue weighted by atomic mass is 32.2. The molecule has 0 amide bonds. The number of furan rings is 1. The maximum atomic E-state index is 12.2. The molecular formula is C10H12N4O5S. The molecular weight excluding hydrogens is 288 g/mol. The van der Waals surface area contributed by atoms with E-state index in [1.807, 2.05) is 0 Å². The number of aromatic nitrogens is 3. The molecule has 0 radical (unpaired) electrons. The molecule has 0 aliphatic heterocycles. The van der Waals surface area contributed by atoms with E-state index in [1.54, 1.807) is 6.92 Å². The van der Waals surface area contributed by atoms with Crippen LogP contribution in [0.15, 0.2) is 21.6 Å². The Bertz CT molecular complexity index is 732. The third kappa shape index (κ3) is 2.70. The van der Waals surface area contributed by atoms with Gasteiger partial charge in [0, 0.05) is 7.05 Å². The van der Waals surface area contributed by atoms with Crippen molar-refractivity contribution >= 4 is 16.0 Å². The van der Waals surface area contributed by atoms with Crippen LogP contribution >= 0.6 is 0 Å². The normalized spacial score (nSPS) is 11.9. The molecule has 108 valence electrons. The van der Waals surface area contributed by atoms with Crippen LogP contribution in [-0.2, 0) is 16.6 Å². The highest BCUT2D eigenvalue weighted by Crippen LogP contribution is 2.18. The minimum absolute atomic E-state index is 0.0597. The van der Waals surface area contributed by atoms with Gasteiger partial charge in [-0.25, -0.2) is 18.2 Å². The molecule has 0 saturated heterocycles. The molecule has 2 aromatic rings. The second-order valence-corrected chi connectivity index (χ2v) is 6.00. The van der Waals surface area contributed by atoms with Crippen LogP contribution in [0.25, 0.3) is 0 Å². The van der Waals surface area contributed by atoms with Gasteiger partial charge in [0.15, 0.2) is 5.82 Å². The average molecular weight is 300 g/mol. The Morgan fingerprint density at radius 2 is 2.20 bits per heavy atom. The zero-order valence-corrected chi connectivity index (χ0v) is 11.5. The van der Waals surface area contributed by atoms with E-state index in [1.165, 1.54) is 7.05 Å². The molecule has 20 heavy (non-hydrogen) atoms. The van der Waals surface area contributed by atoms with E-state index in [2.05, 4.69) is 15.2 Å². The summed E-state index contributed by atoms with van der Waals surface area (Å²) < 4.78 is 30.1. The summed E-state index contributed by atoms with van der Waals surface area (Å²) in [6, 6.07) is 2.18. The summed E-state index contributed by atoms with van der Waals surface area (Å²) in [5, 5.41) is 14.7. The Hall–Kier alpha value is -2.20. The lowest BCUT2D eigenvalue weighted by molar-refractivity contribution is 0.0656. The topological polar surface area (TPSA) is 129 Å². The van der Waals surface area contributed by atoms with Crippen LogP contribution in [0.3, 0.4) is 0 Å². The maximum Gasteiger partial charge on any atom is 0.371 e. The molecule has 2 aromatic heterocycles. The van der Waals surface area contributed by atoms with Gasteiger partial charge in [0.1, 0.15) is 5.82 Å². The fraction of sp³-hybridized carbons (Fsp3) is 0.300. The minimum Gasteiger partial charge on any atom is -0.475 e. The standard InChI is InChI=1S/C10H12N4O5S/c1-6-11-8(13-12-6)5-14(2)20(17,18)9-4-3-7(19-9)10(15)16/h3-4H,5H2,1-2H3,(H,15,16)(H,11,12,13). The number of nitrogens with zero attached hydrogens (tertiary/aromatic N) is 3. The zero-order chi connectivity index (χ0) is 14.9. The first-order chi connectivity index (χ1) is 9.30. The Morgan fingerprint density at radius 1 is 1.50 bits per heavy atom. The Labute approximate surface area is 114 Å². The number of hydrogen-bond acceptors (Lipinski definition) is 6. The summed E-state index contributed by atoms with van der Waals surface area (Å²) >= 11 is 0. The Morgan fingerprint density at radius 3 is 2.70 bits per heavy atom. The lowest BCUT2D eigenvalue weighted by Gasteiger charge is -2.12. The number of aryl methyl sites for hydroxylation is 1. The highest BCUT2D eigenvalue weighted by molar-refractivity contribution is 7.88. The van der Waals surface area contributed by atoms with Crippen LogP contribution in [0.1, 0.15) is 22.2 Å². The number of nitrogens with one attached hydrogen (secondary N) is 1. The van der Waals surface area contributed by atoms with E-state index in [0.717, 1.165) is 16.4 Å². The molecule has 0 saturated carbocycles. The van der Waals surface area contributed by atoms with Crippen LogP contribution in [0, 0.1) is 6.92 Å². The molecule has 0 atom stereocenters. The van der Waals surface area contributed by atoms with Gasteiger partial charge in [0.25, 0.3) is 10.0 Å². The summed E-state index contributed by atoms with van der Waals surface area (Å²) in [6.45, 7) is 1.63. The van der Waals surface area contributed by atoms with Crippen LogP contribution in [0.5, 0.6) is 0 Å². The van der Waals surface area contributed by atoms with Crippen molar-refractivity contribution in [1.29, 1.82) is 0 Å². The number of aromatic carboxylic acids is 1. The van der Waals surface area contributed by atoms with Crippen LogP contribution < -0.4 is 0 Å². The summed E-state index contributed by atoms with van der Waals surface area (Å²) in [4.78, 5) is 14.7. The van der Waals surface area contributed by atoms with Crippen molar-refractivity contribution in [3.63, 3.8) is 0 Å². The maximum absolute atomic E-state index is 12.2. The molecule has 0 aliphatic rings. The van der Waals surface area contributed by atoms with Crippen molar-refractivity contribution < 1.29 is 22.7 Å². The fourth-order valence-electron chi connectivity index (χ4n) is 1.47. The smallest absolute Gasteiger partial charge is 0.371 e. The number of carboxylic acid groups (broad SMARTS) is 1. The van der Waals surface area contributed by atoms with E-state index in [4.69, 9.17) is 9.52 Å². The summed E-state index contributed by atoms with van der Waals surface area (Å²) in [5.41, 5.74) is 0. The molecule has 10 heteroatoms. The fourth-order valence-corrected chi connectivity index (χ4v) is 2.50.